The van der Waals surface area contributed by atoms with Crippen molar-refractivity contribution >= 4 is 0 Å². The summed E-state index contributed by atoms with van der Waals surface area (Å²) >= 11 is 0. The third kappa shape index (κ3) is 2.11. The van der Waals surface area contributed by atoms with E-state index in [1.165, 1.54) is 12.0 Å². The molecule has 1 heteroatoms. The molecule has 0 saturated heterocycles. The fraction of sp³-hybridized carbons (Fsp3) is 0.333. The van der Waals surface area contributed by atoms with Crippen molar-refractivity contribution in [1.29, 1.82) is 0 Å². The summed E-state index contributed by atoms with van der Waals surface area (Å²) < 4.78 is 5.61. The number of allylic oxidation sites excluding steroid dienone is 1. The summed E-state index contributed by atoms with van der Waals surface area (Å²) in [6.45, 7) is 0. The van der Waals surface area contributed by atoms with Crippen LogP contribution < -0.4 is 0 Å². The number of rotatable bonds is 1. The molecule has 0 N–H and O–H groups in total. The van der Waals surface area contributed by atoms with Gasteiger partial charge >= 0.3 is 0 Å². The van der Waals surface area contributed by atoms with Gasteiger partial charge in [0.05, 0.1) is 6.26 Å². The zero-order chi connectivity index (χ0) is 8.93. The van der Waals surface area contributed by atoms with E-state index in [4.69, 9.17) is 4.74 Å². The first-order chi connectivity index (χ1) is 6.47. The van der Waals surface area contributed by atoms with Gasteiger partial charge in [-0.25, -0.2) is 0 Å². The molecule has 1 aliphatic rings. The Labute approximate surface area is 79.0 Å². The van der Waals surface area contributed by atoms with Crippen LogP contribution in [0, 0.1) is 0 Å². The van der Waals surface area contributed by atoms with Crippen molar-refractivity contribution in [3.05, 3.63) is 48.2 Å². The van der Waals surface area contributed by atoms with Gasteiger partial charge in [0.15, 0.2) is 0 Å². The minimum Gasteiger partial charge on any atom is -0.494 e. The second-order valence-corrected chi connectivity index (χ2v) is 3.34. The highest BCUT2D eigenvalue weighted by atomic mass is 16.5. The molecule has 0 spiro atoms. The van der Waals surface area contributed by atoms with Gasteiger partial charge in [0.2, 0.25) is 0 Å². The first-order valence-electron chi connectivity index (χ1n) is 4.82. The molecular formula is C12H14O. The van der Waals surface area contributed by atoms with Crippen LogP contribution in [-0.2, 0) is 4.74 Å². The highest BCUT2D eigenvalue weighted by molar-refractivity contribution is 5.18. The van der Waals surface area contributed by atoms with Crippen molar-refractivity contribution in [2.24, 2.45) is 0 Å². The van der Waals surface area contributed by atoms with Gasteiger partial charge in [-0.1, -0.05) is 30.3 Å². The average Bonchev–Trinajstić information content (AvgIpc) is 2.47. The monoisotopic (exact) mass is 174 g/mol. The van der Waals surface area contributed by atoms with E-state index in [2.05, 4.69) is 30.3 Å². The minimum atomic E-state index is 0.264. The van der Waals surface area contributed by atoms with E-state index < -0.39 is 0 Å². The molecule has 1 aliphatic heterocycles. The topological polar surface area (TPSA) is 9.23 Å². The van der Waals surface area contributed by atoms with Crippen LogP contribution in [-0.4, -0.2) is 0 Å². The summed E-state index contributed by atoms with van der Waals surface area (Å²) in [5.41, 5.74) is 1.29. The molecule has 1 nitrogen and oxygen atoms in total. The molecule has 1 atom stereocenters. The van der Waals surface area contributed by atoms with Gasteiger partial charge in [0, 0.05) is 0 Å². The fourth-order valence-electron chi connectivity index (χ4n) is 1.62. The predicted octanol–water partition coefficient (Wildman–Crippen LogP) is 3.44. The highest BCUT2D eigenvalue weighted by Gasteiger charge is 2.11. The average molecular weight is 174 g/mol. The lowest BCUT2D eigenvalue weighted by molar-refractivity contribution is 0.141. The predicted molar refractivity (Wildman–Crippen MR) is 53.3 cm³/mol. The van der Waals surface area contributed by atoms with E-state index in [1.807, 2.05) is 12.3 Å². The second kappa shape index (κ2) is 4.13. The quantitative estimate of drug-likeness (QED) is 0.633. The molecule has 0 aliphatic carbocycles. The van der Waals surface area contributed by atoms with Crippen molar-refractivity contribution in [2.75, 3.05) is 0 Å². The summed E-state index contributed by atoms with van der Waals surface area (Å²) in [7, 11) is 0. The van der Waals surface area contributed by atoms with Gasteiger partial charge in [0.25, 0.3) is 0 Å². The number of ether oxygens (including phenoxy) is 1. The van der Waals surface area contributed by atoms with Gasteiger partial charge in [-0.05, 0) is 30.9 Å². The molecule has 13 heavy (non-hydrogen) atoms. The van der Waals surface area contributed by atoms with Crippen LogP contribution in [0.3, 0.4) is 0 Å². The Bertz CT molecular complexity index is 276. The van der Waals surface area contributed by atoms with Crippen molar-refractivity contribution in [3.63, 3.8) is 0 Å². The number of hydrogen-bond donors (Lipinski definition) is 0. The molecule has 0 amide bonds. The van der Waals surface area contributed by atoms with Crippen LogP contribution in [0.5, 0.6) is 0 Å². The molecule has 0 saturated carbocycles. The van der Waals surface area contributed by atoms with Crippen molar-refractivity contribution < 1.29 is 4.74 Å². The first-order valence-corrected chi connectivity index (χ1v) is 4.82. The lowest BCUT2D eigenvalue weighted by Gasteiger charge is -2.14. The van der Waals surface area contributed by atoms with E-state index >= 15 is 0 Å². The van der Waals surface area contributed by atoms with Gasteiger partial charge in [0.1, 0.15) is 6.10 Å². The Balaban J connectivity index is 2.12. The van der Waals surface area contributed by atoms with Crippen LogP contribution in [0.4, 0.5) is 0 Å². The van der Waals surface area contributed by atoms with Crippen LogP contribution in [0.1, 0.15) is 30.9 Å². The lowest BCUT2D eigenvalue weighted by Crippen LogP contribution is -1.98. The van der Waals surface area contributed by atoms with Gasteiger partial charge in [-0.2, -0.15) is 0 Å². The van der Waals surface area contributed by atoms with Crippen molar-refractivity contribution in [2.45, 2.75) is 25.4 Å². The molecule has 1 aromatic rings. The molecule has 0 fully saturated rings. The molecule has 1 heterocycles. The van der Waals surface area contributed by atoms with Crippen LogP contribution in [0.2, 0.25) is 0 Å². The highest BCUT2D eigenvalue weighted by Crippen LogP contribution is 2.25. The maximum atomic E-state index is 5.61. The van der Waals surface area contributed by atoms with E-state index in [-0.39, 0.29) is 6.10 Å². The van der Waals surface area contributed by atoms with Crippen LogP contribution in [0.15, 0.2) is 42.7 Å². The summed E-state index contributed by atoms with van der Waals surface area (Å²) in [6, 6.07) is 10.4. The zero-order valence-electron chi connectivity index (χ0n) is 7.65. The fourth-order valence-corrected chi connectivity index (χ4v) is 1.62. The number of hydrogen-bond acceptors (Lipinski definition) is 1. The molecule has 0 radical (unpaired) electrons. The summed E-state index contributed by atoms with van der Waals surface area (Å²) in [5, 5.41) is 0. The van der Waals surface area contributed by atoms with Gasteiger partial charge < -0.3 is 4.74 Å². The van der Waals surface area contributed by atoms with E-state index in [1.54, 1.807) is 0 Å². The van der Waals surface area contributed by atoms with Crippen LogP contribution in [0.25, 0.3) is 0 Å². The molecule has 0 aromatic heterocycles. The SMILES string of the molecule is C1=COC(c2ccccc2)CCC1. The standard InChI is InChI=1S/C12H14O/c1-3-7-11(8-4-1)12-9-5-2-6-10-13-12/h1,3-4,6-8,10,12H,2,5,9H2. The minimum absolute atomic E-state index is 0.264. The lowest BCUT2D eigenvalue weighted by atomic mass is 10.0. The zero-order valence-corrected chi connectivity index (χ0v) is 7.65. The molecule has 68 valence electrons. The van der Waals surface area contributed by atoms with Crippen molar-refractivity contribution in [1.82, 2.24) is 0 Å². The van der Waals surface area contributed by atoms with Gasteiger partial charge in [-0.3, -0.25) is 0 Å². The maximum absolute atomic E-state index is 5.61. The Hall–Kier alpha value is -1.24. The van der Waals surface area contributed by atoms with E-state index in [9.17, 15) is 0 Å². The Morgan fingerprint density at radius 1 is 1.15 bits per heavy atom. The number of benzene rings is 1. The smallest absolute Gasteiger partial charge is 0.123 e. The third-order valence-corrected chi connectivity index (χ3v) is 2.35. The van der Waals surface area contributed by atoms with Crippen LogP contribution >= 0.6 is 0 Å². The Morgan fingerprint density at radius 2 is 2.00 bits per heavy atom. The second-order valence-electron chi connectivity index (χ2n) is 3.34. The first kappa shape index (κ1) is 8.36. The largest absolute Gasteiger partial charge is 0.494 e. The van der Waals surface area contributed by atoms with Crippen molar-refractivity contribution in [3.8, 4) is 0 Å². The normalized spacial score (nSPS) is 22.0. The maximum Gasteiger partial charge on any atom is 0.123 e. The molecular weight excluding hydrogens is 160 g/mol. The summed E-state index contributed by atoms with van der Waals surface area (Å²) in [4.78, 5) is 0. The molecule has 0 bridgehead atoms. The summed E-state index contributed by atoms with van der Waals surface area (Å²) in [5.74, 6) is 0. The Kier molecular flexibility index (Phi) is 2.65. The third-order valence-electron chi connectivity index (χ3n) is 2.35. The Morgan fingerprint density at radius 3 is 2.85 bits per heavy atom. The molecule has 1 aromatic carbocycles. The van der Waals surface area contributed by atoms with Gasteiger partial charge in [-0.15, -0.1) is 0 Å². The molecule has 2 rings (SSSR count). The molecule has 1 unspecified atom stereocenters. The van der Waals surface area contributed by atoms with E-state index in [0.29, 0.717) is 0 Å². The summed E-state index contributed by atoms with van der Waals surface area (Å²) in [6.07, 6.45) is 7.68. The van der Waals surface area contributed by atoms with E-state index in [0.717, 1.165) is 12.8 Å².